The molecule has 0 atom stereocenters. The highest BCUT2D eigenvalue weighted by molar-refractivity contribution is 5.74. The van der Waals surface area contributed by atoms with E-state index in [4.69, 9.17) is 10.3 Å². The number of benzene rings is 1. The average molecular weight is 214 g/mol. The van der Waals surface area contributed by atoms with Crippen LogP contribution in [0.5, 0.6) is 0 Å². The summed E-state index contributed by atoms with van der Waals surface area (Å²) in [6.45, 7) is 3.86. The highest BCUT2D eigenvalue weighted by Crippen LogP contribution is 2.18. The molecule has 0 amide bonds. The molecule has 0 saturated carbocycles. The second-order valence-corrected chi connectivity index (χ2v) is 3.79. The van der Waals surface area contributed by atoms with E-state index in [1.807, 2.05) is 24.3 Å². The molecule has 0 spiro atoms. The first-order valence-corrected chi connectivity index (χ1v) is 5.13. The maximum Gasteiger partial charge on any atom is 0.157 e. The molecule has 0 fully saturated rings. The topological polar surface area (TPSA) is 52.0 Å². The number of nitrogens with two attached hydrogens (primary N) is 1. The van der Waals surface area contributed by atoms with Gasteiger partial charge in [-0.25, -0.2) is 0 Å². The van der Waals surface area contributed by atoms with Crippen LogP contribution >= 0.6 is 0 Å². The standard InChI is InChI=1S/C13H14N2O/c1-9-4-3-5-11(8-9)6-7-12-13(14)10(2)16-15-12/h3-8H,14H2,1-2H3. The van der Waals surface area contributed by atoms with Gasteiger partial charge < -0.3 is 10.3 Å². The largest absolute Gasteiger partial charge is 0.394 e. The minimum Gasteiger partial charge on any atom is -0.394 e. The number of hydrogen-bond acceptors (Lipinski definition) is 3. The molecule has 0 bridgehead atoms. The first-order valence-electron chi connectivity index (χ1n) is 5.13. The molecule has 0 saturated heterocycles. The summed E-state index contributed by atoms with van der Waals surface area (Å²) in [6, 6.07) is 8.21. The summed E-state index contributed by atoms with van der Waals surface area (Å²) in [7, 11) is 0. The minimum atomic E-state index is 0.601. The number of nitrogen functional groups attached to an aromatic ring is 1. The van der Waals surface area contributed by atoms with Crippen LogP contribution in [0.3, 0.4) is 0 Å². The van der Waals surface area contributed by atoms with Gasteiger partial charge in [0.25, 0.3) is 0 Å². The van der Waals surface area contributed by atoms with Crippen molar-refractivity contribution in [3.8, 4) is 0 Å². The molecular formula is C13H14N2O. The van der Waals surface area contributed by atoms with Crippen molar-refractivity contribution in [3.05, 3.63) is 46.8 Å². The summed E-state index contributed by atoms with van der Waals surface area (Å²) in [4.78, 5) is 0. The molecule has 82 valence electrons. The van der Waals surface area contributed by atoms with Gasteiger partial charge in [0, 0.05) is 0 Å². The quantitative estimate of drug-likeness (QED) is 0.835. The Balaban J connectivity index is 2.24. The Kier molecular flexibility index (Phi) is 2.77. The van der Waals surface area contributed by atoms with Gasteiger partial charge in [0.15, 0.2) is 5.76 Å². The normalized spacial score (nSPS) is 11.1. The third kappa shape index (κ3) is 2.14. The lowest BCUT2D eigenvalue weighted by molar-refractivity contribution is 0.397. The zero-order valence-corrected chi connectivity index (χ0v) is 9.40. The second-order valence-electron chi connectivity index (χ2n) is 3.79. The van der Waals surface area contributed by atoms with Gasteiger partial charge in [-0.3, -0.25) is 0 Å². The van der Waals surface area contributed by atoms with Crippen molar-refractivity contribution < 1.29 is 4.52 Å². The van der Waals surface area contributed by atoms with Crippen molar-refractivity contribution in [2.75, 3.05) is 5.73 Å². The lowest BCUT2D eigenvalue weighted by Crippen LogP contribution is -1.86. The Morgan fingerprint density at radius 1 is 1.25 bits per heavy atom. The second kappa shape index (κ2) is 4.23. The molecule has 3 heteroatoms. The van der Waals surface area contributed by atoms with Crippen molar-refractivity contribution in [2.45, 2.75) is 13.8 Å². The van der Waals surface area contributed by atoms with Gasteiger partial charge >= 0.3 is 0 Å². The van der Waals surface area contributed by atoms with Gasteiger partial charge in [0.1, 0.15) is 11.4 Å². The molecule has 0 aliphatic carbocycles. The van der Waals surface area contributed by atoms with E-state index in [1.165, 1.54) is 5.56 Å². The molecule has 16 heavy (non-hydrogen) atoms. The van der Waals surface area contributed by atoms with E-state index in [9.17, 15) is 0 Å². The van der Waals surface area contributed by atoms with Gasteiger partial charge in [-0.2, -0.15) is 0 Å². The van der Waals surface area contributed by atoms with Crippen LogP contribution in [0, 0.1) is 13.8 Å². The lowest BCUT2D eigenvalue weighted by atomic mass is 10.1. The molecule has 2 rings (SSSR count). The molecule has 0 aliphatic rings. The van der Waals surface area contributed by atoms with Crippen LogP contribution in [0.2, 0.25) is 0 Å². The molecular weight excluding hydrogens is 200 g/mol. The number of rotatable bonds is 2. The van der Waals surface area contributed by atoms with E-state index in [2.05, 4.69) is 24.2 Å². The zero-order valence-electron chi connectivity index (χ0n) is 9.40. The number of nitrogens with zero attached hydrogens (tertiary/aromatic N) is 1. The van der Waals surface area contributed by atoms with E-state index in [0.29, 0.717) is 17.1 Å². The highest BCUT2D eigenvalue weighted by atomic mass is 16.5. The Labute approximate surface area is 94.6 Å². The SMILES string of the molecule is Cc1cccc(C=Cc2noc(C)c2N)c1. The Hall–Kier alpha value is -2.03. The summed E-state index contributed by atoms with van der Waals surface area (Å²) in [6.07, 6.45) is 3.83. The van der Waals surface area contributed by atoms with Crippen molar-refractivity contribution in [1.82, 2.24) is 5.16 Å². The van der Waals surface area contributed by atoms with Crippen LogP contribution in [0.15, 0.2) is 28.8 Å². The Morgan fingerprint density at radius 3 is 2.69 bits per heavy atom. The van der Waals surface area contributed by atoms with Crippen LogP contribution in [0.4, 0.5) is 5.69 Å². The van der Waals surface area contributed by atoms with E-state index < -0.39 is 0 Å². The molecule has 1 heterocycles. The van der Waals surface area contributed by atoms with Gasteiger partial charge in [0.05, 0.1) is 0 Å². The van der Waals surface area contributed by atoms with Crippen LogP contribution in [0.1, 0.15) is 22.6 Å². The molecule has 0 unspecified atom stereocenters. The van der Waals surface area contributed by atoms with E-state index in [0.717, 1.165) is 5.56 Å². The molecule has 2 aromatic rings. The van der Waals surface area contributed by atoms with E-state index in [-0.39, 0.29) is 0 Å². The average Bonchev–Trinajstić information content (AvgIpc) is 2.57. The molecule has 0 radical (unpaired) electrons. The van der Waals surface area contributed by atoms with Crippen LogP contribution in [-0.4, -0.2) is 5.16 Å². The summed E-state index contributed by atoms with van der Waals surface area (Å²) >= 11 is 0. The van der Waals surface area contributed by atoms with Gasteiger partial charge in [-0.05, 0) is 25.5 Å². The summed E-state index contributed by atoms with van der Waals surface area (Å²) < 4.78 is 4.98. The summed E-state index contributed by atoms with van der Waals surface area (Å²) in [5.41, 5.74) is 9.42. The first-order chi connectivity index (χ1) is 7.66. The molecule has 2 N–H and O–H groups in total. The smallest absolute Gasteiger partial charge is 0.157 e. The van der Waals surface area contributed by atoms with Crippen molar-refractivity contribution in [1.29, 1.82) is 0 Å². The fourth-order valence-corrected chi connectivity index (χ4v) is 1.47. The number of hydrogen-bond donors (Lipinski definition) is 1. The highest BCUT2D eigenvalue weighted by Gasteiger charge is 2.04. The fourth-order valence-electron chi connectivity index (χ4n) is 1.47. The van der Waals surface area contributed by atoms with E-state index >= 15 is 0 Å². The Morgan fingerprint density at radius 2 is 2.06 bits per heavy atom. The number of aryl methyl sites for hydroxylation is 2. The fraction of sp³-hybridized carbons (Fsp3) is 0.154. The molecule has 1 aromatic carbocycles. The number of anilines is 1. The molecule has 1 aromatic heterocycles. The van der Waals surface area contributed by atoms with Crippen LogP contribution in [-0.2, 0) is 0 Å². The maximum atomic E-state index is 5.79. The van der Waals surface area contributed by atoms with Crippen LogP contribution < -0.4 is 5.73 Å². The van der Waals surface area contributed by atoms with Gasteiger partial charge in [-0.1, -0.05) is 41.1 Å². The summed E-state index contributed by atoms with van der Waals surface area (Å²) in [5.74, 6) is 0.656. The maximum absolute atomic E-state index is 5.79. The van der Waals surface area contributed by atoms with Crippen molar-refractivity contribution in [3.63, 3.8) is 0 Å². The lowest BCUT2D eigenvalue weighted by Gasteiger charge is -1.94. The first kappa shape index (κ1) is 10.5. The van der Waals surface area contributed by atoms with E-state index in [1.54, 1.807) is 6.92 Å². The van der Waals surface area contributed by atoms with Gasteiger partial charge in [0.2, 0.25) is 0 Å². The monoisotopic (exact) mass is 214 g/mol. The predicted molar refractivity (Wildman–Crippen MR) is 65.8 cm³/mol. The molecule has 3 nitrogen and oxygen atoms in total. The summed E-state index contributed by atoms with van der Waals surface area (Å²) in [5, 5.41) is 3.87. The number of aromatic nitrogens is 1. The third-order valence-electron chi connectivity index (χ3n) is 2.41. The van der Waals surface area contributed by atoms with Crippen LogP contribution in [0.25, 0.3) is 12.2 Å². The van der Waals surface area contributed by atoms with Crippen molar-refractivity contribution >= 4 is 17.8 Å². The zero-order chi connectivity index (χ0) is 11.5. The third-order valence-corrected chi connectivity index (χ3v) is 2.41. The van der Waals surface area contributed by atoms with Gasteiger partial charge in [-0.15, -0.1) is 0 Å². The Bertz CT molecular complexity index is 526. The molecule has 0 aliphatic heterocycles. The predicted octanol–water partition coefficient (Wildman–Crippen LogP) is 3.04. The van der Waals surface area contributed by atoms with Crippen molar-refractivity contribution in [2.24, 2.45) is 0 Å². The minimum absolute atomic E-state index is 0.601.